The molecule has 1 saturated heterocycles. The van der Waals surface area contributed by atoms with E-state index in [4.69, 9.17) is 27.9 Å². The lowest BCUT2D eigenvalue weighted by Crippen LogP contribution is -2.48. The van der Waals surface area contributed by atoms with E-state index in [0.717, 1.165) is 25.9 Å². The van der Waals surface area contributed by atoms with Gasteiger partial charge in [0.05, 0.1) is 22.0 Å². The highest BCUT2D eigenvalue weighted by atomic mass is 35.5. The van der Waals surface area contributed by atoms with Crippen LogP contribution in [0.15, 0.2) is 6.07 Å². The molecular formula is C13H17Cl2NO2S. The summed E-state index contributed by atoms with van der Waals surface area (Å²) in [4.78, 5) is 14.3. The summed E-state index contributed by atoms with van der Waals surface area (Å²) in [6, 6.07) is 1.65. The van der Waals surface area contributed by atoms with Gasteiger partial charge in [-0.3, -0.25) is 9.69 Å². The van der Waals surface area contributed by atoms with Gasteiger partial charge in [0.25, 0.3) is 0 Å². The first-order chi connectivity index (χ1) is 8.93. The minimum atomic E-state index is -0.158. The molecule has 1 aromatic rings. The molecule has 0 spiro atoms. The third-order valence-corrected chi connectivity index (χ3v) is 5.04. The minimum absolute atomic E-state index is 0.0218. The zero-order valence-electron chi connectivity index (χ0n) is 11.0. The Morgan fingerprint density at radius 3 is 2.89 bits per heavy atom. The van der Waals surface area contributed by atoms with Gasteiger partial charge in [-0.1, -0.05) is 23.2 Å². The van der Waals surface area contributed by atoms with Gasteiger partial charge in [0.1, 0.15) is 4.34 Å². The molecule has 2 heterocycles. The standard InChI is InChI=1S/C13H17Cl2NO2S/c1-13(18-2)4-3-5-16(8-13)7-10(17)9-6-11(14)19-12(9)15/h6H,3-5,7-8H2,1-2H3. The fourth-order valence-corrected chi connectivity index (χ4v) is 3.93. The number of hydrogen-bond acceptors (Lipinski definition) is 4. The molecule has 1 aromatic heterocycles. The number of nitrogens with zero attached hydrogens (tertiary/aromatic N) is 1. The van der Waals surface area contributed by atoms with Crippen LogP contribution >= 0.6 is 34.5 Å². The fraction of sp³-hybridized carbons (Fsp3) is 0.615. The van der Waals surface area contributed by atoms with Crippen LogP contribution in [0.5, 0.6) is 0 Å². The maximum absolute atomic E-state index is 12.2. The average Bonchev–Trinajstić information content (AvgIpc) is 2.69. The number of likely N-dealkylation sites (tertiary alicyclic amines) is 1. The maximum Gasteiger partial charge on any atom is 0.179 e. The Labute approximate surface area is 127 Å². The molecule has 0 radical (unpaired) electrons. The second kappa shape index (κ2) is 6.10. The number of halogens is 2. The smallest absolute Gasteiger partial charge is 0.179 e. The number of rotatable bonds is 4. The number of ether oxygens (including phenoxy) is 1. The molecule has 3 nitrogen and oxygen atoms in total. The van der Waals surface area contributed by atoms with E-state index in [9.17, 15) is 4.79 Å². The van der Waals surface area contributed by atoms with Crippen LogP contribution < -0.4 is 0 Å². The molecule has 6 heteroatoms. The van der Waals surface area contributed by atoms with Crippen molar-refractivity contribution >= 4 is 40.3 Å². The third-order valence-electron chi connectivity index (χ3n) is 3.56. The van der Waals surface area contributed by atoms with Crippen molar-refractivity contribution in [3.05, 3.63) is 20.3 Å². The number of hydrogen-bond donors (Lipinski definition) is 0. The van der Waals surface area contributed by atoms with Crippen LogP contribution in [0.25, 0.3) is 0 Å². The lowest BCUT2D eigenvalue weighted by atomic mass is 9.94. The third kappa shape index (κ3) is 3.70. The Morgan fingerprint density at radius 2 is 2.32 bits per heavy atom. The van der Waals surface area contributed by atoms with Gasteiger partial charge in [-0.25, -0.2) is 0 Å². The topological polar surface area (TPSA) is 29.5 Å². The second-order valence-corrected chi connectivity index (χ2v) is 7.41. The number of piperidine rings is 1. The predicted molar refractivity (Wildman–Crippen MR) is 79.8 cm³/mol. The summed E-state index contributed by atoms with van der Waals surface area (Å²) in [5.41, 5.74) is 0.371. The zero-order valence-corrected chi connectivity index (χ0v) is 13.4. The van der Waals surface area contributed by atoms with E-state index in [-0.39, 0.29) is 11.4 Å². The van der Waals surface area contributed by atoms with E-state index in [1.165, 1.54) is 11.3 Å². The number of ketones is 1. The lowest BCUT2D eigenvalue weighted by Gasteiger charge is -2.39. The Balaban J connectivity index is 2.01. The van der Waals surface area contributed by atoms with Crippen LogP contribution in [0.4, 0.5) is 0 Å². The molecule has 0 N–H and O–H groups in total. The summed E-state index contributed by atoms with van der Waals surface area (Å²) in [5.74, 6) is 0.0218. The largest absolute Gasteiger partial charge is 0.377 e. The summed E-state index contributed by atoms with van der Waals surface area (Å²) in [6.07, 6.45) is 2.06. The van der Waals surface area contributed by atoms with E-state index in [1.807, 2.05) is 0 Å². The number of carbonyl (C=O) groups is 1. The van der Waals surface area contributed by atoms with Crippen LogP contribution in [-0.2, 0) is 4.74 Å². The van der Waals surface area contributed by atoms with Crippen molar-refractivity contribution in [1.29, 1.82) is 0 Å². The molecule has 1 aliphatic heterocycles. The van der Waals surface area contributed by atoms with Gasteiger partial charge >= 0.3 is 0 Å². The Morgan fingerprint density at radius 1 is 1.58 bits per heavy atom. The first-order valence-electron chi connectivity index (χ1n) is 6.19. The fourth-order valence-electron chi connectivity index (χ4n) is 2.43. The van der Waals surface area contributed by atoms with Crippen molar-refractivity contribution in [1.82, 2.24) is 4.90 Å². The Bertz CT molecular complexity index is 477. The van der Waals surface area contributed by atoms with Crippen molar-refractivity contribution < 1.29 is 9.53 Å². The monoisotopic (exact) mass is 321 g/mol. The molecular weight excluding hydrogens is 305 g/mol. The first-order valence-corrected chi connectivity index (χ1v) is 7.76. The molecule has 0 saturated carbocycles. The molecule has 1 fully saturated rings. The number of carbonyl (C=O) groups excluding carboxylic acids is 1. The van der Waals surface area contributed by atoms with E-state index in [2.05, 4.69) is 11.8 Å². The van der Waals surface area contributed by atoms with Crippen molar-refractivity contribution in [2.24, 2.45) is 0 Å². The van der Waals surface area contributed by atoms with E-state index >= 15 is 0 Å². The van der Waals surface area contributed by atoms with E-state index in [1.54, 1.807) is 13.2 Å². The van der Waals surface area contributed by atoms with Gasteiger partial charge in [0.2, 0.25) is 0 Å². The van der Waals surface area contributed by atoms with Gasteiger partial charge in [-0.2, -0.15) is 0 Å². The summed E-state index contributed by atoms with van der Waals surface area (Å²) >= 11 is 13.1. The first kappa shape index (κ1) is 15.3. The summed E-state index contributed by atoms with van der Waals surface area (Å²) in [6.45, 7) is 4.13. The number of Topliss-reactive ketones (excluding diaryl/α,β-unsaturated/α-hetero) is 1. The molecule has 2 rings (SSSR count). The second-order valence-electron chi connectivity index (χ2n) is 5.13. The summed E-state index contributed by atoms with van der Waals surface area (Å²) < 4.78 is 6.55. The molecule has 0 bridgehead atoms. The molecule has 1 unspecified atom stereocenters. The average molecular weight is 322 g/mol. The zero-order chi connectivity index (χ0) is 14.0. The van der Waals surface area contributed by atoms with Crippen molar-refractivity contribution in [2.75, 3.05) is 26.7 Å². The van der Waals surface area contributed by atoms with Crippen LogP contribution in [-0.4, -0.2) is 43.0 Å². The SMILES string of the molecule is COC1(C)CCCN(CC(=O)c2cc(Cl)sc2Cl)C1. The van der Waals surface area contributed by atoms with Crippen LogP contribution in [0.1, 0.15) is 30.1 Å². The lowest BCUT2D eigenvalue weighted by molar-refractivity contribution is -0.0485. The highest BCUT2D eigenvalue weighted by molar-refractivity contribution is 7.20. The molecule has 1 atom stereocenters. The quantitative estimate of drug-likeness (QED) is 0.791. The molecule has 106 valence electrons. The minimum Gasteiger partial charge on any atom is -0.377 e. The molecule has 19 heavy (non-hydrogen) atoms. The van der Waals surface area contributed by atoms with Crippen molar-refractivity contribution in [2.45, 2.75) is 25.4 Å². The highest BCUT2D eigenvalue weighted by Gasteiger charge is 2.31. The summed E-state index contributed by atoms with van der Waals surface area (Å²) in [7, 11) is 1.72. The van der Waals surface area contributed by atoms with Crippen LogP contribution in [0, 0.1) is 0 Å². The summed E-state index contributed by atoms with van der Waals surface area (Å²) in [5, 5.41) is 0. The van der Waals surface area contributed by atoms with Gasteiger partial charge in [0, 0.05) is 13.7 Å². The molecule has 0 aromatic carbocycles. The molecule has 1 aliphatic rings. The Hall–Kier alpha value is -0.130. The normalized spacial score (nSPS) is 24.6. The maximum atomic E-state index is 12.2. The van der Waals surface area contributed by atoms with Crippen molar-refractivity contribution in [3.8, 4) is 0 Å². The van der Waals surface area contributed by atoms with Crippen LogP contribution in [0.3, 0.4) is 0 Å². The number of thiophene rings is 1. The Kier molecular flexibility index (Phi) is 4.90. The highest BCUT2D eigenvalue weighted by Crippen LogP contribution is 2.32. The van der Waals surface area contributed by atoms with E-state index < -0.39 is 0 Å². The van der Waals surface area contributed by atoms with Gasteiger partial charge < -0.3 is 4.74 Å². The van der Waals surface area contributed by atoms with Crippen LogP contribution in [0.2, 0.25) is 8.67 Å². The molecule has 0 aliphatic carbocycles. The van der Waals surface area contributed by atoms with Gasteiger partial charge in [-0.15, -0.1) is 11.3 Å². The van der Waals surface area contributed by atoms with Gasteiger partial charge in [-0.05, 0) is 32.4 Å². The van der Waals surface area contributed by atoms with Crippen molar-refractivity contribution in [3.63, 3.8) is 0 Å². The van der Waals surface area contributed by atoms with Gasteiger partial charge in [0.15, 0.2) is 5.78 Å². The molecule has 0 amide bonds. The van der Waals surface area contributed by atoms with E-state index in [0.29, 0.717) is 20.8 Å². The predicted octanol–water partition coefficient (Wildman–Crippen LogP) is 3.74. The number of methoxy groups -OCH3 is 1.